The molecule has 38 heavy (non-hydrogen) atoms. The molecule has 1 aliphatic rings. The van der Waals surface area contributed by atoms with Crippen molar-refractivity contribution in [1.82, 2.24) is 14.9 Å². The Hall–Kier alpha value is -3.37. The average molecular weight is 538 g/mol. The van der Waals surface area contributed by atoms with Gasteiger partial charge in [-0.25, -0.2) is 9.78 Å². The van der Waals surface area contributed by atoms with Crippen LogP contribution in [0, 0.1) is 12.3 Å². The molecule has 0 N–H and O–H groups in total. The number of esters is 1. The normalized spacial score (nSPS) is 18.6. The van der Waals surface area contributed by atoms with Crippen LogP contribution in [0.5, 0.6) is 5.88 Å². The van der Waals surface area contributed by atoms with Crippen molar-refractivity contribution in [3.05, 3.63) is 53.5 Å². The van der Waals surface area contributed by atoms with Gasteiger partial charge < -0.3 is 19.1 Å². The molecule has 208 valence electrons. The minimum Gasteiger partial charge on any atom is -0.476 e. The molecule has 3 rings (SSSR count). The number of aryl methyl sites for hydroxylation is 1. The van der Waals surface area contributed by atoms with Gasteiger partial charge in [-0.15, -0.1) is 0 Å². The molecule has 0 saturated carbocycles. The van der Waals surface area contributed by atoms with E-state index in [0.717, 1.165) is 17.3 Å². The first kappa shape index (κ1) is 29.2. The molecule has 3 heterocycles. The van der Waals surface area contributed by atoms with Gasteiger partial charge in [0.05, 0.1) is 5.41 Å². The number of nitrogens with zero attached hydrogens (tertiary/aromatic N) is 3. The first-order valence-electron chi connectivity index (χ1n) is 12.3. The lowest BCUT2D eigenvalue weighted by atomic mass is 9.86. The second-order valence-electron chi connectivity index (χ2n) is 11.0. The van der Waals surface area contributed by atoms with Crippen LogP contribution in [-0.2, 0) is 20.4 Å². The number of amides is 1. The van der Waals surface area contributed by atoms with Crippen molar-refractivity contribution >= 4 is 12.1 Å². The number of alkyl halides is 3. The van der Waals surface area contributed by atoms with Crippen molar-refractivity contribution in [3.8, 4) is 5.88 Å². The fraction of sp³-hybridized carbons (Fsp3) is 0.556. The van der Waals surface area contributed by atoms with Gasteiger partial charge in [-0.05, 0) is 65.3 Å². The predicted octanol–water partition coefficient (Wildman–Crippen LogP) is 5.55. The molecule has 1 fully saturated rings. The number of hydrogen-bond acceptors (Lipinski definition) is 7. The molecule has 0 spiro atoms. The van der Waals surface area contributed by atoms with E-state index in [1.807, 2.05) is 13.0 Å². The summed E-state index contributed by atoms with van der Waals surface area (Å²) in [7, 11) is 0. The SMILES string of the molecule is Cc1ncccc1C1CN(C(=O)OC(C)(C)C)CCC1OC(=O)C(C)(C)COc1ncccc1C(F)(F)F. The van der Waals surface area contributed by atoms with Crippen LogP contribution >= 0.6 is 0 Å². The average Bonchev–Trinajstić information content (AvgIpc) is 2.82. The molecule has 2 atom stereocenters. The Labute approximate surface area is 220 Å². The zero-order chi connectivity index (χ0) is 28.3. The van der Waals surface area contributed by atoms with Gasteiger partial charge in [-0.1, -0.05) is 6.07 Å². The largest absolute Gasteiger partial charge is 0.476 e. The zero-order valence-electron chi connectivity index (χ0n) is 22.5. The molecule has 1 saturated heterocycles. The highest BCUT2D eigenvalue weighted by Crippen LogP contribution is 2.36. The molecule has 2 aromatic heterocycles. The summed E-state index contributed by atoms with van der Waals surface area (Å²) in [6.45, 7) is 10.4. The van der Waals surface area contributed by atoms with Crippen molar-refractivity contribution in [3.63, 3.8) is 0 Å². The molecule has 0 bridgehead atoms. The van der Waals surface area contributed by atoms with Gasteiger partial charge in [0.2, 0.25) is 5.88 Å². The van der Waals surface area contributed by atoms with Gasteiger partial charge in [0.15, 0.2) is 0 Å². The van der Waals surface area contributed by atoms with Crippen molar-refractivity contribution in [1.29, 1.82) is 0 Å². The summed E-state index contributed by atoms with van der Waals surface area (Å²) in [6.07, 6.45) is -2.51. The topological polar surface area (TPSA) is 90.9 Å². The number of piperidine rings is 1. The molecule has 1 aliphatic heterocycles. The zero-order valence-corrected chi connectivity index (χ0v) is 22.5. The van der Waals surface area contributed by atoms with Gasteiger partial charge in [-0.2, -0.15) is 13.2 Å². The molecule has 11 heteroatoms. The van der Waals surface area contributed by atoms with Gasteiger partial charge in [-0.3, -0.25) is 9.78 Å². The van der Waals surface area contributed by atoms with Crippen molar-refractivity contribution in [2.24, 2.45) is 5.41 Å². The van der Waals surface area contributed by atoms with Crippen LogP contribution < -0.4 is 4.74 Å². The third-order valence-electron chi connectivity index (χ3n) is 6.11. The summed E-state index contributed by atoms with van der Waals surface area (Å²) in [4.78, 5) is 35.6. The number of halogens is 3. The first-order chi connectivity index (χ1) is 17.6. The summed E-state index contributed by atoms with van der Waals surface area (Å²) in [6, 6.07) is 5.68. The molecule has 1 amide bonds. The van der Waals surface area contributed by atoms with E-state index in [1.54, 1.807) is 37.9 Å². The van der Waals surface area contributed by atoms with E-state index in [2.05, 4.69) is 9.97 Å². The predicted molar refractivity (Wildman–Crippen MR) is 133 cm³/mol. The summed E-state index contributed by atoms with van der Waals surface area (Å²) in [5.74, 6) is -1.61. The number of rotatable bonds is 6. The highest BCUT2D eigenvalue weighted by molar-refractivity contribution is 5.76. The summed E-state index contributed by atoms with van der Waals surface area (Å²) in [5.41, 5.74) is -1.40. The molecule has 2 aromatic rings. The van der Waals surface area contributed by atoms with E-state index in [9.17, 15) is 22.8 Å². The third kappa shape index (κ3) is 7.35. The maximum Gasteiger partial charge on any atom is 0.421 e. The summed E-state index contributed by atoms with van der Waals surface area (Å²) >= 11 is 0. The van der Waals surface area contributed by atoms with Crippen LogP contribution in [0.1, 0.15) is 63.8 Å². The number of aromatic nitrogens is 2. The Morgan fingerprint density at radius 1 is 1.05 bits per heavy atom. The van der Waals surface area contributed by atoms with Crippen LogP contribution in [0.15, 0.2) is 36.7 Å². The summed E-state index contributed by atoms with van der Waals surface area (Å²) < 4.78 is 56.7. The monoisotopic (exact) mass is 537 g/mol. The molecule has 2 unspecified atom stereocenters. The van der Waals surface area contributed by atoms with Crippen LogP contribution in [0.2, 0.25) is 0 Å². The third-order valence-corrected chi connectivity index (χ3v) is 6.11. The van der Waals surface area contributed by atoms with E-state index < -0.39 is 46.8 Å². The molecule has 0 radical (unpaired) electrons. The van der Waals surface area contributed by atoms with E-state index in [1.165, 1.54) is 26.1 Å². The molecule has 0 aliphatic carbocycles. The highest BCUT2D eigenvalue weighted by atomic mass is 19.4. The number of carbonyl (C=O) groups is 2. The van der Waals surface area contributed by atoms with E-state index in [-0.39, 0.29) is 19.1 Å². The number of ether oxygens (including phenoxy) is 3. The van der Waals surface area contributed by atoms with Crippen molar-refractivity contribution in [2.45, 2.75) is 71.8 Å². The Morgan fingerprint density at radius 3 is 2.34 bits per heavy atom. The molecular weight excluding hydrogens is 503 g/mol. The first-order valence-corrected chi connectivity index (χ1v) is 12.3. The molecule has 0 aromatic carbocycles. The van der Waals surface area contributed by atoms with Crippen molar-refractivity contribution < 1.29 is 37.0 Å². The molecule has 8 nitrogen and oxygen atoms in total. The minimum absolute atomic E-state index is 0.249. The van der Waals surface area contributed by atoms with Gasteiger partial charge >= 0.3 is 18.2 Å². The lowest BCUT2D eigenvalue weighted by molar-refractivity contribution is -0.164. The Morgan fingerprint density at radius 2 is 1.71 bits per heavy atom. The Balaban J connectivity index is 1.76. The number of carbonyl (C=O) groups excluding carboxylic acids is 2. The van der Waals surface area contributed by atoms with Gasteiger partial charge in [0.25, 0.3) is 0 Å². The van der Waals surface area contributed by atoms with Crippen LogP contribution in [0.3, 0.4) is 0 Å². The Kier molecular flexibility index (Phi) is 8.58. The van der Waals surface area contributed by atoms with E-state index >= 15 is 0 Å². The van der Waals surface area contributed by atoms with E-state index in [0.29, 0.717) is 13.0 Å². The smallest absolute Gasteiger partial charge is 0.421 e. The highest BCUT2D eigenvalue weighted by Gasteiger charge is 2.41. The maximum absolute atomic E-state index is 13.3. The van der Waals surface area contributed by atoms with Crippen molar-refractivity contribution in [2.75, 3.05) is 19.7 Å². The lowest BCUT2D eigenvalue weighted by Gasteiger charge is -2.40. The number of likely N-dealkylation sites (tertiary alicyclic amines) is 1. The van der Waals surface area contributed by atoms with Crippen LogP contribution in [0.25, 0.3) is 0 Å². The van der Waals surface area contributed by atoms with Crippen LogP contribution in [0.4, 0.5) is 18.0 Å². The molecular formula is C27H34F3N3O5. The standard InChI is InChI=1S/C27H34F3N3O5/c1-17-18(9-7-12-31-17)19-15-33(24(35)38-25(2,3)4)14-11-21(19)37-23(34)26(5,6)16-36-22-20(27(28,29)30)10-8-13-32-22/h7-10,12-13,19,21H,11,14-16H2,1-6H3. The minimum atomic E-state index is -4.65. The summed E-state index contributed by atoms with van der Waals surface area (Å²) in [5, 5.41) is 0. The fourth-order valence-corrected chi connectivity index (χ4v) is 4.08. The van der Waals surface area contributed by atoms with E-state index in [4.69, 9.17) is 14.2 Å². The number of pyridine rings is 2. The quantitative estimate of drug-likeness (QED) is 0.447. The Bertz CT molecular complexity index is 1150. The maximum atomic E-state index is 13.3. The fourth-order valence-electron chi connectivity index (χ4n) is 4.08. The lowest BCUT2D eigenvalue weighted by Crippen LogP contribution is -2.49. The second kappa shape index (κ2) is 11.2. The van der Waals surface area contributed by atoms with Crippen LogP contribution in [-0.4, -0.2) is 58.3 Å². The van der Waals surface area contributed by atoms with Gasteiger partial charge in [0.1, 0.15) is 23.9 Å². The number of hydrogen-bond donors (Lipinski definition) is 0. The second-order valence-corrected chi connectivity index (χ2v) is 11.0. The van der Waals surface area contributed by atoms with Gasteiger partial charge in [0, 0.05) is 43.5 Å².